The predicted molar refractivity (Wildman–Crippen MR) is 89.6 cm³/mol. The van der Waals surface area contributed by atoms with Crippen LogP contribution in [0.25, 0.3) is 0 Å². The summed E-state index contributed by atoms with van der Waals surface area (Å²) in [7, 11) is 0. The molecule has 5 heteroatoms. The first-order valence-corrected chi connectivity index (χ1v) is 8.10. The second kappa shape index (κ2) is 6.07. The first kappa shape index (κ1) is 15.6. The molecule has 2 N–H and O–H groups in total. The Labute approximate surface area is 136 Å². The number of aryl methyl sites for hydroxylation is 2. The topological polar surface area (TPSA) is 67.2 Å². The minimum absolute atomic E-state index is 0.0303. The van der Waals surface area contributed by atoms with Crippen molar-refractivity contribution >= 4 is 11.6 Å². The van der Waals surface area contributed by atoms with E-state index in [0.29, 0.717) is 6.42 Å². The molecular weight excluding hydrogens is 290 g/mol. The largest absolute Gasteiger partial charge is 0.508 e. The summed E-state index contributed by atoms with van der Waals surface area (Å²) in [5, 5.41) is 13.1. The van der Waals surface area contributed by atoms with Crippen molar-refractivity contribution in [3.63, 3.8) is 0 Å². The number of hydrogen-bond acceptors (Lipinski definition) is 3. The highest BCUT2D eigenvalue weighted by Gasteiger charge is 2.26. The third kappa shape index (κ3) is 3.09. The average Bonchev–Trinajstić information content (AvgIpc) is 2.96. The standard InChI is InChI=1S/C18H23N3O2/c1-11(2)14-10-15(12(3)8-16(14)22)20-18(23)13-4-6-21-7-5-19-17(21)9-13/h5,7-8,10-11,13,22H,4,6,9H2,1-3H3,(H,20,23). The van der Waals surface area contributed by atoms with E-state index in [1.165, 1.54) is 0 Å². The van der Waals surface area contributed by atoms with Gasteiger partial charge in [-0.1, -0.05) is 13.8 Å². The molecule has 1 aliphatic rings. The number of carbonyl (C=O) groups is 1. The number of benzene rings is 1. The molecule has 1 aromatic heterocycles. The summed E-state index contributed by atoms with van der Waals surface area (Å²) in [4.78, 5) is 16.9. The Balaban J connectivity index is 1.77. The van der Waals surface area contributed by atoms with Crippen LogP contribution in [-0.4, -0.2) is 20.6 Å². The van der Waals surface area contributed by atoms with E-state index in [2.05, 4.69) is 14.9 Å². The van der Waals surface area contributed by atoms with Crippen molar-refractivity contribution in [2.24, 2.45) is 5.92 Å². The van der Waals surface area contributed by atoms with Gasteiger partial charge in [0.25, 0.3) is 0 Å². The summed E-state index contributed by atoms with van der Waals surface area (Å²) in [6.07, 6.45) is 5.24. The van der Waals surface area contributed by atoms with Crippen LogP contribution in [0.2, 0.25) is 0 Å². The summed E-state index contributed by atoms with van der Waals surface area (Å²) >= 11 is 0. The van der Waals surface area contributed by atoms with E-state index in [0.717, 1.165) is 35.6 Å². The van der Waals surface area contributed by atoms with E-state index in [1.807, 2.05) is 33.0 Å². The lowest BCUT2D eigenvalue weighted by Crippen LogP contribution is -2.30. The molecule has 1 atom stereocenters. The van der Waals surface area contributed by atoms with Crippen LogP contribution in [0.3, 0.4) is 0 Å². The maximum atomic E-state index is 12.6. The normalized spacial score (nSPS) is 17.1. The number of imidazole rings is 1. The van der Waals surface area contributed by atoms with Crippen LogP contribution >= 0.6 is 0 Å². The summed E-state index contributed by atoms with van der Waals surface area (Å²) in [6, 6.07) is 3.61. The molecule has 0 radical (unpaired) electrons. The number of nitrogens with one attached hydrogen (secondary N) is 1. The molecule has 5 nitrogen and oxygen atoms in total. The number of hydrogen-bond donors (Lipinski definition) is 2. The Morgan fingerprint density at radius 3 is 2.96 bits per heavy atom. The molecular formula is C18H23N3O2. The highest BCUT2D eigenvalue weighted by molar-refractivity contribution is 5.93. The number of carbonyl (C=O) groups excluding carboxylic acids is 1. The van der Waals surface area contributed by atoms with Crippen molar-refractivity contribution in [3.05, 3.63) is 41.5 Å². The van der Waals surface area contributed by atoms with Crippen LogP contribution in [0, 0.1) is 12.8 Å². The molecule has 0 saturated heterocycles. The minimum atomic E-state index is -0.0550. The van der Waals surface area contributed by atoms with E-state index >= 15 is 0 Å². The SMILES string of the molecule is Cc1cc(O)c(C(C)C)cc1NC(=O)C1CCn2ccnc2C1. The van der Waals surface area contributed by atoms with Gasteiger partial charge in [-0.15, -0.1) is 0 Å². The Morgan fingerprint density at radius 1 is 1.43 bits per heavy atom. The highest BCUT2D eigenvalue weighted by atomic mass is 16.3. The van der Waals surface area contributed by atoms with Crippen LogP contribution in [-0.2, 0) is 17.8 Å². The van der Waals surface area contributed by atoms with Gasteiger partial charge in [0.2, 0.25) is 5.91 Å². The van der Waals surface area contributed by atoms with Gasteiger partial charge in [-0.2, -0.15) is 0 Å². The maximum Gasteiger partial charge on any atom is 0.228 e. The number of aromatic nitrogens is 2. The Morgan fingerprint density at radius 2 is 2.22 bits per heavy atom. The molecule has 1 amide bonds. The van der Waals surface area contributed by atoms with Gasteiger partial charge < -0.3 is 15.0 Å². The van der Waals surface area contributed by atoms with Crippen molar-refractivity contribution in [1.29, 1.82) is 0 Å². The Bertz CT molecular complexity index is 734. The average molecular weight is 313 g/mol. The van der Waals surface area contributed by atoms with Gasteiger partial charge in [0.1, 0.15) is 11.6 Å². The fourth-order valence-electron chi connectivity index (χ4n) is 3.12. The lowest BCUT2D eigenvalue weighted by molar-refractivity contribution is -0.120. The van der Waals surface area contributed by atoms with Crippen LogP contribution in [0.5, 0.6) is 5.75 Å². The quantitative estimate of drug-likeness (QED) is 0.855. The van der Waals surface area contributed by atoms with E-state index in [-0.39, 0.29) is 23.5 Å². The second-order valence-electron chi connectivity index (χ2n) is 6.60. The molecule has 3 rings (SSSR count). The second-order valence-corrected chi connectivity index (χ2v) is 6.60. The minimum Gasteiger partial charge on any atom is -0.508 e. The number of phenols is 1. The van der Waals surface area contributed by atoms with Crippen molar-refractivity contribution in [2.75, 3.05) is 5.32 Å². The molecule has 0 saturated carbocycles. The van der Waals surface area contributed by atoms with Crippen molar-refractivity contribution in [1.82, 2.24) is 9.55 Å². The van der Waals surface area contributed by atoms with E-state index in [4.69, 9.17) is 0 Å². The fraction of sp³-hybridized carbons (Fsp3) is 0.444. The number of aromatic hydroxyl groups is 1. The van der Waals surface area contributed by atoms with Gasteiger partial charge in [0.05, 0.1) is 0 Å². The molecule has 0 fully saturated rings. The molecule has 2 heterocycles. The van der Waals surface area contributed by atoms with Gasteiger partial charge in [0.15, 0.2) is 0 Å². The van der Waals surface area contributed by atoms with Crippen molar-refractivity contribution in [3.8, 4) is 5.75 Å². The zero-order valence-corrected chi connectivity index (χ0v) is 13.8. The number of nitrogens with zero attached hydrogens (tertiary/aromatic N) is 2. The molecule has 1 unspecified atom stereocenters. The molecule has 0 bridgehead atoms. The number of rotatable bonds is 3. The maximum absolute atomic E-state index is 12.6. The van der Waals surface area contributed by atoms with E-state index in [1.54, 1.807) is 12.3 Å². The van der Waals surface area contributed by atoms with E-state index < -0.39 is 0 Å². The third-order valence-electron chi connectivity index (χ3n) is 4.57. The summed E-state index contributed by atoms with van der Waals surface area (Å²) in [6.45, 7) is 6.78. The zero-order chi connectivity index (χ0) is 16.6. The lowest BCUT2D eigenvalue weighted by Gasteiger charge is -2.23. The van der Waals surface area contributed by atoms with Gasteiger partial charge in [-0.3, -0.25) is 4.79 Å². The number of fused-ring (bicyclic) bond motifs is 1. The van der Waals surface area contributed by atoms with Crippen LogP contribution in [0.1, 0.15) is 43.1 Å². The number of phenolic OH excluding ortho intramolecular Hbond substituents is 1. The van der Waals surface area contributed by atoms with Gasteiger partial charge in [-0.05, 0) is 42.5 Å². The molecule has 2 aromatic rings. The molecule has 0 aliphatic carbocycles. The highest BCUT2D eigenvalue weighted by Crippen LogP contribution is 2.31. The molecule has 1 aliphatic heterocycles. The van der Waals surface area contributed by atoms with Crippen LogP contribution in [0.15, 0.2) is 24.5 Å². The van der Waals surface area contributed by atoms with E-state index in [9.17, 15) is 9.90 Å². The zero-order valence-electron chi connectivity index (χ0n) is 13.8. The summed E-state index contributed by atoms with van der Waals surface area (Å²) in [5.41, 5.74) is 2.51. The summed E-state index contributed by atoms with van der Waals surface area (Å²) < 4.78 is 2.10. The molecule has 23 heavy (non-hydrogen) atoms. The third-order valence-corrected chi connectivity index (χ3v) is 4.57. The smallest absolute Gasteiger partial charge is 0.228 e. The van der Waals surface area contributed by atoms with Gasteiger partial charge >= 0.3 is 0 Å². The number of anilines is 1. The molecule has 1 aromatic carbocycles. The monoisotopic (exact) mass is 313 g/mol. The van der Waals surface area contributed by atoms with Crippen LogP contribution < -0.4 is 5.32 Å². The Kier molecular flexibility index (Phi) is 4.11. The van der Waals surface area contributed by atoms with Crippen molar-refractivity contribution in [2.45, 2.75) is 46.1 Å². The fourth-order valence-corrected chi connectivity index (χ4v) is 3.12. The predicted octanol–water partition coefficient (Wildman–Crippen LogP) is 3.22. The first-order valence-electron chi connectivity index (χ1n) is 8.10. The van der Waals surface area contributed by atoms with Gasteiger partial charge in [-0.25, -0.2) is 4.98 Å². The first-order chi connectivity index (χ1) is 11.0. The van der Waals surface area contributed by atoms with Crippen molar-refractivity contribution < 1.29 is 9.90 Å². The van der Waals surface area contributed by atoms with Crippen LogP contribution in [0.4, 0.5) is 5.69 Å². The lowest BCUT2D eigenvalue weighted by atomic mass is 9.95. The summed E-state index contributed by atoms with van der Waals surface area (Å²) in [5.74, 6) is 1.44. The Hall–Kier alpha value is -2.30. The number of amides is 1. The van der Waals surface area contributed by atoms with Gasteiger partial charge in [0, 0.05) is 37.0 Å². The molecule has 0 spiro atoms. The molecule has 122 valence electrons.